The van der Waals surface area contributed by atoms with Crippen LogP contribution in [0.2, 0.25) is 0 Å². The molecular weight excluding hydrogens is 220 g/mol. The van der Waals surface area contributed by atoms with Gasteiger partial charge in [0.15, 0.2) is 17.3 Å². The van der Waals surface area contributed by atoms with E-state index in [1.54, 1.807) is 6.07 Å². The molecule has 17 heavy (non-hydrogen) atoms. The van der Waals surface area contributed by atoms with E-state index in [2.05, 4.69) is 0 Å². The highest BCUT2D eigenvalue weighted by Crippen LogP contribution is 2.18. The zero-order valence-corrected chi connectivity index (χ0v) is 9.53. The number of ketones is 3. The number of hydrogen-bond acceptors (Lipinski definition) is 5. The van der Waals surface area contributed by atoms with E-state index < -0.39 is 11.6 Å². The monoisotopic (exact) mass is 234 g/mol. The highest BCUT2D eigenvalue weighted by atomic mass is 16.2. The number of benzene rings is 1. The van der Waals surface area contributed by atoms with E-state index in [4.69, 9.17) is 11.5 Å². The molecule has 0 saturated carbocycles. The Kier molecular flexibility index (Phi) is 3.98. The van der Waals surface area contributed by atoms with Gasteiger partial charge >= 0.3 is 0 Å². The van der Waals surface area contributed by atoms with Gasteiger partial charge < -0.3 is 11.5 Å². The molecule has 90 valence electrons. The number of nitrogens with two attached hydrogens (primary N) is 2. The van der Waals surface area contributed by atoms with Gasteiger partial charge in [-0.1, -0.05) is 0 Å². The molecule has 0 saturated heterocycles. The normalized spacial score (nSPS) is 9.94. The molecule has 0 aliphatic rings. The lowest BCUT2D eigenvalue weighted by atomic mass is 10.0. The van der Waals surface area contributed by atoms with Crippen molar-refractivity contribution < 1.29 is 14.4 Å². The van der Waals surface area contributed by atoms with E-state index in [-0.39, 0.29) is 18.6 Å². The van der Waals surface area contributed by atoms with Gasteiger partial charge in [0.25, 0.3) is 0 Å². The fourth-order valence-corrected chi connectivity index (χ4v) is 1.35. The molecule has 1 rings (SSSR count). The molecule has 0 aromatic heterocycles. The molecule has 0 fully saturated rings. The van der Waals surface area contributed by atoms with E-state index in [0.29, 0.717) is 16.9 Å². The van der Waals surface area contributed by atoms with Crippen LogP contribution in [0, 0.1) is 0 Å². The van der Waals surface area contributed by atoms with Gasteiger partial charge in [-0.05, 0) is 18.2 Å². The van der Waals surface area contributed by atoms with Gasteiger partial charge in [0.1, 0.15) is 0 Å². The Hall–Kier alpha value is -2.17. The molecule has 0 bridgehead atoms. The number of carbonyl (C=O) groups is 3. The minimum Gasteiger partial charge on any atom is -0.399 e. The van der Waals surface area contributed by atoms with Gasteiger partial charge in [-0.2, -0.15) is 0 Å². The van der Waals surface area contributed by atoms with Crippen molar-refractivity contribution in [3.05, 3.63) is 23.8 Å². The van der Waals surface area contributed by atoms with Crippen LogP contribution in [0.4, 0.5) is 11.4 Å². The largest absolute Gasteiger partial charge is 0.399 e. The fourth-order valence-electron chi connectivity index (χ4n) is 1.35. The summed E-state index contributed by atoms with van der Waals surface area (Å²) in [5.74, 6) is -1.39. The Bertz CT molecular complexity index is 481. The topological polar surface area (TPSA) is 103 Å². The summed E-state index contributed by atoms with van der Waals surface area (Å²) in [5.41, 5.74) is 12.2. The van der Waals surface area contributed by atoms with E-state index in [1.165, 1.54) is 19.1 Å². The Morgan fingerprint density at radius 2 is 1.76 bits per heavy atom. The number of Topliss-reactive ketones (excluding diaryl/α,β-unsaturated/α-hetero) is 3. The summed E-state index contributed by atoms with van der Waals surface area (Å²) in [6.45, 7) is 1.18. The van der Waals surface area contributed by atoms with Crippen molar-refractivity contribution in [3.8, 4) is 0 Å². The minimum atomic E-state index is -0.555. The molecule has 0 aliphatic carbocycles. The number of nitrogen functional groups attached to an aromatic ring is 2. The highest BCUT2D eigenvalue weighted by Gasteiger charge is 2.14. The number of carbonyl (C=O) groups excluding carboxylic acids is 3. The Balaban J connectivity index is 2.74. The molecule has 0 atom stereocenters. The molecule has 0 radical (unpaired) electrons. The predicted molar refractivity (Wildman–Crippen MR) is 64.5 cm³/mol. The van der Waals surface area contributed by atoms with Crippen LogP contribution in [0.25, 0.3) is 0 Å². The van der Waals surface area contributed by atoms with Crippen molar-refractivity contribution in [2.75, 3.05) is 11.5 Å². The SMILES string of the molecule is CC(=O)C(=O)CCC(=O)c1cc(N)ccc1N. The minimum absolute atomic E-state index is 0.0356. The molecule has 5 nitrogen and oxygen atoms in total. The average Bonchev–Trinajstić information content (AvgIpc) is 2.28. The van der Waals surface area contributed by atoms with Crippen molar-refractivity contribution in [3.63, 3.8) is 0 Å². The molecule has 1 aromatic carbocycles. The molecule has 4 N–H and O–H groups in total. The van der Waals surface area contributed by atoms with Crippen LogP contribution in [0.3, 0.4) is 0 Å². The van der Waals surface area contributed by atoms with E-state index in [9.17, 15) is 14.4 Å². The van der Waals surface area contributed by atoms with Crippen molar-refractivity contribution in [1.82, 2.24) is 0 Å². The first kappa shape index (κ1) is 12.9. The zero-order chi connectivity index (χ0) is 13.0. The van der Waals surface area contributed by atoms with Gasteiger partial charge in [0.2, 0.25) is 0 Å². The van der Waals surface area contributed by atoms with Crippen LogP contribution in [-0.4, -0.2) is 17.3 Å². The van der Waals surface area contributed by atoms with Crippen LogP contribution in [0.15, 0.2) is 18.2 Å². The molecule has 0 aliphatic heterocycles. The Labute approximate surface area is 98.8 Å². The van der Waals surface area contributed by atoms with Crippen molar-refractivity contribution in [2.45, 2.75) is 19.8 Å². The van der Waals surface area contributed by atoms with Crippen LogP contribution in [0.1, 0.15) is 30.1 Å². The molecule has 0 spiro atoms. The zero-order valence-electron chi connectivity index (χ0n) is 9.53. The maximum absolute atomic E-state index is 11.7. The van der Waals surface area contributed by atoms with Gasteiger partial charge in [-0.25, -0.2) is 0 Å². The second-order valence-corrected chi connectivity index (χ2v) is 3.75. The third kappa shape index (κ3) is 3.41. The Morgan fingerprint density at radius 3 is 2.35 bits per heavy atom. The number of hydrogen-bond donors (Lipinski definition) is 2. The first-order valence-electron chi connectivity index (χ1n) is 5.13. The van der Waals surface area contributed by atoms with Crippen LogP contribution >= 0.6 is 0 Å². The third-order valence-corrected chi connectivity index (χ3v) is 2.35. The maximum atomic E-state index is 11.7. The summed E-state index contributed by atoms with van der Waals surface area (Å²) >= 11 is 0. The summed E-state index contributed by atoms with van der Waals surface area (Å²) in [7, 11) is 0. The number of rotatable bonds is 5. The van der Waals surface area contributed by atoms with Crippen molar-refractivity contribution in [1.29, 1.82) is 0 Å². The summed E-state index contributed by atoms with van der Waals surface area (Å²) in [5, 5.41) is 0. The molecule has 0 heterocycles. The summed E-state index contributed by atoms with van der Waals surface area (Å²) in [6.07, 6.45) is -0.130. The van der Waals surface area contributed by atoms with Gasteiger partial charge in [0.05, 0.1) is 0 Å². The first-order chi connectivity index (χ1) is 7.91. The van der Waals surface area contributed by atoms with Gasteiger partial charge in [-0.3, -0.25) is 14.4 Å². The van der Waals surface area contributed by atoms with Crippen LogP contribution in [-0.2, 0) is 9.59 Å². The van der Waals surface area contributed by atoms with Crippen molar-refractivity contribution in [2.24, 2.45) is 0 Å². The summed E-state index contributed by atoms with van der Waals surface area (Å²) < 4.78 is 0. The van der Waals surface area contributed by atoms with Gasteiger partial charge in [-0.15, -0.1) is 0 Å². The lowest BCUT2D eigenvalue weighted by Crippen LogP contribution is -2.12. The lowest BCUT2D eigenvalue weighted by molar-refractivity contribution is -0.135. The van der Waals surface area contributed by atoms with Crippen LogP contribution < -0.4 is 11.5 Å². The highest BCUT2D eigenvalue weighted by molar-refractivity contribution is 6.36. The summed E-state index contributed by atoms with van der Waals surface area (Å²) in [4.78, 5) is 33.5. The van der Waals surface area contributed by atoms with Crippen molar-refractivity contribution >= 4 is 28.7 Å². The van der Waals surface area contributed by atoms with Gasteiger partial charge in [0, 0.05) is 36.7 Å². The number of anilines is 2. The van der Waals surface area contributed by atoms with Crippen LogP contribution in [0.5, 0.6) is 0 Å². The maximum Gasteiger partial charge on any atom is 0.198 e. The molecular formula is C12H14N2O3. The Morgan fingerprint density at radius 1 is 1.12 bits per heavy atom. The third-order valence-electron chi connectivity index (χ3n) is 2.35. The predicted octanol–water partition coefficient (Wildman–Crippen LogP) is 0.972. The molecule has 5 heteroatoms. The summed E-state index contributed by atoms with van der Waals surface area (Å²) in [6, 6.07) is 4.60. The fraction of sp³-hybridized carbons (Fsp3) is 0.250. The molecule has 1 aromatic rings. The van der Waals surface area contributed by atoms with E-state index in [0.717, 1.165) is 0 Å². The molecule has 0 unspecified atom stereocenters. The smallest absolute Gasteiger partial charge is 0.198 e. The quantitative estimate of drug-likeness (QED) is 0.449. The van der Waals surface area contributed by atoms with E-state index in [1.807, 2.05) is 0 Å². The lowest BCUT2D eigenvalue weighted by Gasteiger charge is -2.05. The second kappa shape index (κ2) is 5.25. The van der Waals surface area contributed by atoms with E-state index >= 15 is 0 Å². The second-order valence-electron chi connectivity index (χ2n) is 3.75. The first-order valence-corrected chi connectivity index (χ1v) is 5.13. The average molecular weight is 234 g/mol. The molecule has 0 amide bonds. The standard InChI is InChI=1S/C12H14N2O3/c1-7(15)11(16)4-5-12(17)9-6-8(13)2-3-10(9)14/h2-3,6H,4-5,13-14H2,1H3.